The van der Waals surface area contributed by atoms with Crippen LogP contribution in [0.25, 0.3) is 5.69 Å². The molecule has 1 fully saturated rings. The number of morpholine rings is 1. The molecule has 0 saturated carbocycles. The van der Waals surface area contributed by atoms with Crippen molar-refractivity contribution in [3.63, 3.8) is 0 Å². The van der Waals surface area contributed by atoms with E-state index in [4.69, 9.17) is 16.3 Å². The Labute approximate surface area is 191 Å². The van der Waals surface area contributed by atoms with Crippen molar-refractivity contribution in [2.75, 3.05) is 44.0 Å². The van der Waals surface area contributed by atoms with E-state index in [0.29, 0.717) is 17.3 Å². The van der Waals surface area contributed by atoms with Gasteiger partial charge >= 0.3 is 0 Å². The molecule has 8 heteroatoms. The number of carbonyl (C=O) groups is 1. The summed E-state index contributed by atoms with van der Waals surface area (Å²) in [6.45, 7) is 3.95. The number of benzene rings is 2. The molecule has 0 atom stereocenters. The summed E-state index contributed by atoms with van der Waals surface area (Å²) < 4.78 is 7.35. The van der Waals surface area contributed by atoms with E-state index >= 15 is 0 Å². The monoisotopic (exact) mass is 456 g/mol. The highest BCUT2D eigenvalue weighted by atomic mass is 35.5. The number of anilines is 1. The minimum atomic E-state index is 0.0582. The zero-order chi connectivity index (χ0) is 21.6. The van der Waals surface area contributed by atoms with E-state index in [-0.39, 0.29) is 5.91 Å². The second-order valence-corrected chi connectivity index (χ2v) is 8.74. The largest absolute Gasteiger partial charge is 0.378 e. The van der Waals surface area contributed by atoms with Crippen molar-refractivity contribution < 1.29 is 9.53 Å². The standard InChI is InChI=1S/C23H25ClN4O2S/c1-26(16-18-5-7-20(8-6-18)27-11-13-30-14-12-27)22(29)17-31-23-25-9-10-28(23)21-4-2-3-19(24)15-21/h2-10,15H,11-14,16-17H2,1H3. The van der Waals surface area contributed by atoms with Gasteiger partial charge in [-0.25, -0.2) is 4.98 Å². The zero-order valence-electron chi connectivity index (χ0n) is 17.4. The third-order valence-electron chi connectivity index (χ3n) is 5.18. The summed E-state index contributed by atoms with van der Waals surface area (Å²) >= 11 is 7.53. The highest BCUT2D eigenvalue weighted by Crippen LogP contribution is 2.23. The van der Waals surface area contributed by atoms with Crippen LogP contribution < -0.4 is 4.90 Å². The number of thioether (sulfide) groups is 1. The van der Waals surface area contributed by atoms with Gasteiger partial charge in [0.2, 0.25) is 5.91 Å². The number of hydrogen-bond donors (Lipinski definition) is 0. The molecule has 1 amide bonds. The maximum atomic E-state index is 12.7. The number of ether oxygens (including phenoxy) is 1. The molecule has 1 aromatic heterocycles. The lowest BCUT2D eigenvalue weighted by Gasteiger charge is -2.29. The molecule has 2 heterocycles. The van der Waals surface area contributed by atoms with E-state index in [1.807, 2.05) is 42.1 Å². The topological polar surface area (TPSA) is 50.6 Å². The first-order valence-corrected chi connectivity index (χ1v) is 11.5. The Morgan fingerprint density at radius 1 is 1.16 bits per heavy atom. The second-order valence-electron chi connectivity index (χ2n) is 7.36. The molecule has 31 heavy (non-hydrogen) atoms. The Kier molecular flexibility index (Phi) is 7.17. The maximum absolute atomic E-state index is 12.7. The highest BCUT2D eigenvalue weighted by Gasteiger charge is 2.14. The van der Waals surface area contributed by atoms with E-state index in [1.54, 1.807) is 11.1 Å². The Hall–Kier alpha value is -2.48. The van der Waals surface area contributed by atoms with E-state index < -0.39 is 0 Å². The van der Waals surface area contributed by atoms with Gasteiger partial charge in [0.05, 0.1) is 19.0 Å². The predicted molar refractivity (Wildman–Crippen MR) is 125 cm³/mol. The molecule has 162 valence electrons. The first-order chi connectivity index (χ1) is 15.1. The van der Waals surface area contributed by atoms with Crippen LogP contribution in [-0.4, -0.2) is 59.5 Å². The van der Waals surface area contributed by atoms with Crippen LogP contribution in [0.15, 0.2) is 66.1 Å². The molecule has 1 aliphatic rings. The highest BCUT2D eigenvalue weighted by molar-refractivity contribution is 7.99. The van der Waals surface area contributed by atoms with Crippen LogP contribution >= 0.6 is 23.4 Å². The van der Waals surface area contributed by atoms with Crippen LogP contribution in [0.2, 0.25) is 5.02 Å². The summed E-state index contributed by atoms with van der Waals surface area (Å²) in [6, 6.07) is 16.0. The normalized spacial score (nSPS) is 13.9. The van der Waals surface area contributed by atoms with Crippen molar-refractivity contribution >= 4 is 35.0 Å². The molecule has 0 bridgehead atoms. The van der Waals surface area contributed by atoms with Crippen LogP contribution in [0.3, 0.4) is 0 Å². The van der Waals surface area contributed by atoms with Gasteiger partial charge in [-0.1, -0.05) is 41.6 Å². The van der Waals surface area contributed by atoms with Crippen LogP contribution in [-0.2, 0) is 16.1 Å². The summed E-state index contributed by atoms with van der Waals surface area (Å²) in [4.78, 5) is 21.1. The van der Waals surface area contributed by atoms with E-state index in [1.165, 1.54) is 17.4 Å². The molecule has 2 aromatic carbocycles. The molecular weight excluding hydrogens is 432 g/mol. The molecule has 3 aromatic rings. The molecule has 4 rings (SSSR count). The fourth-order valence-electron chi connectivity index (χ4n) is 3.45. The average molecular weight is 457 g/mol. The summed E-state index contributed by atoms with van der Waals surface area (Å²) in [5, 5.41) is 1.43. The zero-order valence-corrected chi connectivity index (χ0v) is 19.0. The number of halogens is 1. The van der Waals surface area contributed by atoms with Crippen LogP contribution in [0.4, 0.5) is 5.69 Å². The molecule has 1 saturated heterocycles. The molecule has 1 aliphatic heterocycles. The lowest BCUT2D eigenvalue weighted by Crippen LogP contribution is -2.36. The van der Waals surface area contributed by atoms with Crippen molar-refractivity contribution in [2.45, 2.75) is 11.7 Å². The molecular formula is C23H25ClN4O2S. The fraction of sp³-hybridized carbons (Fsp3) is 0.304. The third kappa shape index (κ3) is 5.61. The smallest absolute Gasteiger partial charge is 0.233 e. The number of aromatic nitrogens is 2. The Bertz CT molecular complexity index is 1020. The summed E-state index contributed by atoms with van der Waals surface area (Å²) in [5.41, 5.74) is 3.23. The molecule has 6 nitrogen and oxygen atoms in total. The van der Waals surface area contributed by atoms with Gasteiger partial charge in [-0.2, -0.15) is 0 Å². The summed E-state index contributed by atoms with van der Waals surface area (Å²) in [5.74, 6) is 0.378. The Balaban J connectivity index is 1.32. The van der Waals surface area contributed by atoms with Crippen LogP contribution in [0.1, 0.15) is 5.56 Å². The molecule has 0 radical (unpaired) electrons. The summed E-state index contributed by atoms with van der Waals surface area (Å²) in [6.07, 6.45) is 3.60. The van der Waals surface area contributed by atoms with Crippen molar-refractivity contribution in [3.05, 3.63) is 71.5 Å². The lowest BCUT2D eigenvalue weighted by molar-refractivity contribution is -0.127. The SMILES string of the molecule is CN(Cc1ccc(N2CCOCC2)cc1)C(=O)CSc1nccn1-c1cccc(Cl)c1. The van der Waals surface area contributed by atoms with E-state index in [9.17, 15) is 4.79 Å². The van der Waals surface area contributed by atoms with E-state index in [0.717, 1.165) is 42.7 Å². The number of nitrogens with zero attached hydrogens (tertiary/aromatic N) is 4. The van der Waals surface area contributed by atoms with Crippen molar-refractivity contribution in [1.29, 1.82) is 0 Å². The molecule has 0 spiro atoms. The number of amides is 1. The van der Waals surface area contributed by atoms with Gasteiger partial charge < -0.3 is 14.5 Å². The maximum Gasteiger partial charge on any atom is 0.233 e. The molecule has 0 unspecified atom stereocenters. The van der Waals surface area contributed by atoms with Crippen molar-refractivity contribution in [1.82, 2.24) is 14.5 Å². The van der Waals surface area contributed by atoms with Gasteiger partial charge in [-0.3, -0.25) is 9.36 Å². The van der Waals surface area contributed by atoms with Gasteiger partial charge in [-0.15, -0.1) is 0 Å². The minimum Gasteiger partial charge on any atom is -0.378 e. The fourth-order valence-corrected chi connectivity index (χ4v) is 4.55. The van der Waals surface area contributed by atoms with E-state index in [2.05, 4.69) is 34.1 Å². The minimum absolute atomic E-state index is 0.0582. The quantitative estimate of drug-likeness (QED) is 0.501. The predicted octanol–water partition coefficient (Wildman–Crippen LogP) is 4.11. The Morgan fingerprint density at radius 2 is 1.94 bits per heavy atom. The van der Waals surface area contributed by atoms with Crippen molar-refractivity contribution in [3.8, 4) is 5.69 Å². The first-order valence-electron chi connectivity index (χ1n) is 10.2. The summed E-state index contributed by atoms with van der Waals surface area (Å²) in [7, 11) is 1.84. The van der Waals surface area contributed by atoms with Gasteiger partial charge in [0.1, 0.15) is 0 Å². The van der Waals surface area contributed by atoms with Crippen LogP contribution in [0.5, 0.6) is 0 Å². The average Bonchev–Trinajstić information content (AvgIpc) is 3.27. The molecule has 0 N–H and O–H groups in total. The lowest BCUT2D eigenvalue weighted by atomic mass is 10.2. The molecule has 0 aliphatic carbocycles. The number of hydrogen-bond acceptors (Lipinski definition) is 5. The van der Waals surface area contributed by atoms with Crippen molar-refractivity contribution in [2.24, 2.45) is 0 Å². The number of carbonyl (C=O) groups excluding carboxylic acids is 1. The van der Waals surface area contributed by atoms with Gasteiger partial charge in [0.15, 0.2) is 5.16 Å². The van der Waals surface area contributed by atoms with Crippen LogP contribution in [0, 0.1) is 0 Å². The number of rotatable bonds is 7. The third-order valence-corrected chi connectivity index (χ3v) is 6.36. The number of imidazole rings is 1. The second kappa shape index (κ2) is 10.2. The first kappa shape index (κ1) is 21.7. The van der Waals surface area contributed by atoms with Gasteiger partial charge in [0.25, 0.3) is 0 Å². The van der Waals surface area contributed by atoms with Gasteiger partial charge in [-0.05, 0) is 35.9 Å². The Morgan fingerprint density at radius 3 is 2.68 bits per heavy atom. The van der Waals surface area contributed by atoms with Gasteiger partial charge in [0, 0.05) is 55.5 Å².